The molecule has 0 radical (unpaired) electrons. The average molecular weight is 391 g/mol. The number of hydrogen-bond acceptors (Lipinski definition) is 6. The summed E-state index contributed by atoms with van der Waals surface area (Å²) in [5, 5.41) is 18.1. The topological polar surface area (TPSA) is 96.2 Å². The fourth-order valence-corrected chi connectivity index (χ4v) is 4.07. The van der Waals surface area contributed by atoms with E-state index in [0.29, 0.717) is 36.1 Å². The van der Waals surface area contributed by atoms with Crippen molar-refractivity contribution in [1.82, 2.24) is 25.1 Å². The van der Waals surface area contributed by atoms with Gasteiger partial charge < -0.3 is 15.3 Å². The van der Waals surface area contributed by atoms with Gasteiger partial charge in [0.25, 0.3) is 5.91 Å². The second kappa shape index (κ2) is 7.82. The van der Waals surface area contributed by atoms with Gasteiger partial charge in [-0.1, -0.05) is 11.6 Å². The molecule has 2 aromatic heterocycles. The van der Waals surface area contributed by atoms with Crippen molar-refractivity contribution >= 4 is 23.5 Å². The molecule has 3 atom stereocenters. The predicted octanol–water partition coefficient (Wildman–Crippen LogP) is 1.50. The molecule has 3 heterocycles. The number of carbonyl (C=O) groups excluding carboxylic acids is 1. The molecule has 9 heteroatoms. The van der Waals surface area contributed by atoms with Crippen LogP contribution < -0.4 is 10.2 Å². The van der Waals surface area contributed by atoms with Crippen molar-refractivity contribution in [1.29, 1.82) is 0 Å². The molecule has 1 saturated carbocycles. The van der Waals surface area contributed by atoms with E-state index in [0.717, 1.165) is 25.9 Å². The quantitative estimate of drug-likeness (QED) is 0.803. The van der Waals surface area contributed by atoms with Crippen molar-refractivity contribution < 1.29 is 9.90 Å². The number of rotatable bonds is 5. The Morgan fingerprint density at radius 1 is 1.33 bits per heavy atom. The minimum Gasteiger partial charge on any atom is -0.391 e. The maximum Gasteiger partial charge on any atom is 0.270 e. The first-order chi connectivity index (χ1) is 13.1. The van der Waals surface area contributed by atoms with E-state index in [1.165, 1.54) is 0 Å². The summed E-state index contributed by atoms with van der Waals surface area (Å²) in [6.07, 6.45) is 7.95. The lowest BCUT2D eigenvalue weighted by Gasteiger charge is -2.18. The highest BCUT2D eigenvalue weighted by Gasteiger charge is 2.34. The number of aromatic nitrogens is 4. The van der Waals surface area contributed by atoms with Crippen LogP contribution in [-0.4, -0.2) is 56.0 Å². The second-order valence-electron chi connectivity index (χ2n) is 7.30. The zero-order chi connectivity index (χ0) is 18.8. The van der Waals surface area contributed by atoms with Gasteiger partial charge in [0.2, 0.25) is 5.95 Å². The van der Waals surface area contributed by atoms with E-state index < -0.39 is 6.10 Å². The smallest absolute Gasteiger partial charge is 0.270 e. The van der Waals surface area contributed by atoms with Crippen LogP contribution in [-0.2, 0) is 6.54 Å². The van der Waals surface area contributed by atoms with Crippen LogP contribution in [0.4, 0.5) is 5.95 Å². The third kappa shape index (κ3) is 4.22. The second-order valence-corrected chi connectivity index (χ2v) is 7.74. The van der Waals surface area contributed by atoms with Crippen molar-refractivity contribution in [3.63, 3.8) is 0 Å². The van der Waals surface area contributed by atoms with Crippen LogP contribution in [0.25, 0.3) is 0 Å². The molecule has 1 saturated heterocycles. The fourth-order valence-electron chi connectivity index (χ4n) is 3.91. The molecule has 1 amide bonds. The van der Waals surface area contributed by atoms with Gasteiger partial charge in [0, 0.05) is 32.0 Å². The van der Waals surface area contributed by atoms with E-state index in [9.17, 15) is 9.90 Å². The largest absolute Gasteiger partial charge is 0.391 e. The molecule has 0 spiro atoms. The standard InChI is InChI=1S/C18H23ClN6O2/c19-13-9-21-25(11-13)10-12-7-15(16(26)8-12)22-17(27)14-3-4-20-18(23-14)24-5-1-2-6-24/h3-4,9,11-12,15-16,26H,1-2,5-8,10H2,(H,22,27)/t12?,15-,16-/m1/s1. The Hall–Kier alpha value is -2.19. The van der Waals surface area contributed by atoms with E-state index in [2.05, 4.69) is 25.3 Å². The van der Waals surface area contributed by atoms with Crippen LogP contribution in [0.2, 0.25) is 5.02 Å². The Balaban J connectivity index is 1.37. The minimum atomic E-state index is -0.579. The summed E-state index contributed by atoms with van der Waals surface area (Å²) >= 11 is 5.89. The summed E-state index contributed by atoms with van der Waals surface area (Å²) in [5.41, 5.74) is 0.335. The number of aliphatic hydroxyl groups is 1. The molecule has 8 nitrogen and oxygen atoms in total. The first-order valence-electron chi connectivity index (χ1n) is 9.33. The molecule has 2 N–H and O–H groups in total. The molecule has 1 unspecified atom stereocenters. The molecule has 4 rings (SSSR count). The Morgan fingerprint density at radius 2 is 2.15 bits per heavy atom. The molecule has 144 valence electrons. The van der Waals surface area contributed by atoms with Gasteiger partial charge in [-0.3, -0.25) is 9.48 Å². The Bertz CT molecular complexity index is 807. The molecule has 2 fully saturated rings. The number of carbonyl (C=O) groups is 1. The average Bonchev–Trinajstić information content (AvgIpc) is 3.39. The molecule has 2 aliphatic rings. The van der Waals surface area contributed by atoms with Gasteiger partial charge in [-0.15, -0.1) is 0 Å². The number of hydrogen-bond donors (Lipinski definition) is 2. The molecular formula is C18H23ClN6O2. The molecule has 1 aliphatic heterocycles. The van der Waals surface area contributed by atoms with Crippen LogP contribution in [0.5, 0.6) is 0 Å². The normalized spacial score (nSPS) is 25.1. The van der Waals surface area contributed by atoms with Gasteiger partial charge in [0.15, 0.2) is 0 Å². The van der Waals surface area contributed by atoms with Crippen LogP contribution in [0.3, 0.4) is 0 Å². The fraction of sp³-hybridized carbons (Fsp3) is 0.556. The molecule has 2 aromatic rings. The first kappa shape index (κ1) is 18.2. The molecule has 1 aliphatic carbocycles. The highest BCUT2D eigenvalue weighted by molar-refractivity contribution is 6.30. The molecule has 0 bridgehead atoms. The third-order valence-corrected chi connectivity index (χ3v) is 5.45. The lowest BCUT2D eigenvalue weighted by atomic mass is 10.1. The van der Waals surface area contributed by atoms with Gasteiger partial charge in [-0.2, -0.15) is 5.10 Å². The lowest BCUT2D eigenvalue weighted by Crippen LogP contribution is -2.40. The van der Waals surface area contributed by atoms with Crippen LogP contribution in [0, 0.1) is 5.92 Å². The van der Waals surface area contributed by atoms with E-state index >= 15 is 0 Å². The minimum absolute atomic E-state index is 0.229. The number of amides is 1. The van der Waals surface area contributed by atoms with Crippen molar-refractivity contribution in [3.05, 3.63) is 35.4 Å². The monoisotopic (exact) mass is 390 g/mol. The Kier molecular flexibility index (Phi) is 5.27. The van der Waals surface area contributed by atoms with Gasteiger partial charge in [0.1, 0.15) is 5.69 Å². The SMILES string of the molecule is O=C(N[C@@H]1CC(Cn2cc(Cl)cn2)C[C@H]1O)c1ccnc(N2CCCC2)n1. The van der Waals surface area contributed by atoms with E-state index in [1.54, 1.807) is 29.3 Å². The van der Waals surface area contributed by atoms with Gasteiger partial charge in [-0.25, -0.2) is 9.97 Å². The summed E-state index contributed by atoms with van der Waals surface area (Å²) in [4.78, 5) is 23.4. The molecule has 0 aromatic carbocycles. The van der Waals surface area contributed by atoms with Gasteiger partial charge >= 0.3 is 0 Å². The maximum absolute atomic E-state index is 12.6. The Morgan fingerprint density at radius 3 is 2.89 bits per heavy atom. The van der Waals surface area contributed by atoms with E-state index in [4.69, 9.17) is 11.6 Å². The van der Waals surface area contributed by atoms with Crippen molar-refractivity contribution in [2.24, 2.45) is 5.92 Å². The summed E-state index contributed by atoms with van der Waals surface area (Å²) < 4.78 is 1.77. The van der Waals surface area contributed by atoms with Crippen LogP contribution in [0.15, 0.2) is 24.7 Å². The van der Waals surface area contributed by atoms with E-state index in [-0.39, 0.29) is 17.9 Å². The molecular weight excluding hydrogens is 368 g/mol. The summed E-state index contributed by atoms with van der Waals surface area (Å²) in [7, 11) is 0. The van der Waals surface area contributed by atoms with Crippen LogP contribution >= 0.6 is 11.6 Å². The van der Waals surface area contributed by atoms with Crippen LogP contribution in [0.1, 0.15) is 36.2 Å². The summed E-state index contributed by atoms with van der Waals surface area (Å²) in [6, 6.07) is 1.32. The zero-order valence-electron chi connectivity index (χ0n) is 15.0. The highest BCUT2D eigenvalue weighted by atomic mass is 35.5. The van der Waals surface area contributed by atoms with Gasteiger partial charge in [-0.05, 0) is 37.7 Å². The number of aliphatic hydroxyl groups excluding tert-OH is 1. The first-order valence-corrected chi connectivity index (χ1v) is 9.71. The zero-order valence-corrected chi connectivity index (χ0v) is 15.7. The third-order valence-electron chi connectivity index (χ3n) is 5.25. The number of nitrogens with one attached hydrogen (secondary N) is 1. The molecule has 27 heavy (non-hydrogen) atoms. The summed E-state index contributed by atoms with van der Waals surface area (Å²) in [6.45, 7) is 2.51. The highest BCUT2D eigenvalue weighted by Crippen LogP contribution is 2.28. The van der Waals surface area contributed by atoms with Gasteiger partial charge in [0.05, 0.1) is 23.4 Å². The predicted molar refractivity (Wildman–Crippen MR) is 101 cm³/mol. The Labute approximate surface area is 162 Å². The van der Waals surface area contributed by atoms with Crippen molar-refractivity contribution in [2.75, 3.05) is 18.0 Å². The lowest BCUT2D eigenvalue weighted by molar-refractivity contribution is 0.0868. The summed E-state index contributed by atoms with van der Waals surface area (Å²) in [5.74, 6) is 0.553. The number of halogens is 1. The van der Waals surface area contributed by atoms with Crippen molar-refractivity contribution in [3.8, 4) is 0 Å². The number of anilines is 1. The van der Waals surface area contributed by atoms with Crippen molar-refractivity contribution in [2.45, 2.75) is 44.4 Å². The van der Waals surface area contributed by atoms with E-state index in [1.807, 2.05) is 0 Å². The number of nitrogens with zero attached hydrogens (tertiary/aromatic N) is 5. The maximum atomic E-state index is 12.6.